The summed E-state index contributed by atoms with van der Waals surface area (Å²) < 4.78 is 0. The number of amides is 1. The van der Waals surface area contributed by atoms with Gasteiger partial charge in [0.2, 0.25) is 0 Å². The molecule has 28 heavy (non-hydrogen) atoms. The molecule has 2 saturated heterocycles. The monoisotopic (exact) mass is 407 g/mol. The van der Waals surface area contributed by atoms with Crippen LogP contribution in [0.2, 0.25) is 5.02 Å². The molecule has 0 atom stereocenters. The van der Waals surface area contributed by atoms with Gasteiger partial charge in [0.1, 0.15) is 0 Å². The number of hydrogen-bond donors (Lipinski definition) is 0. The van der Waals surface area contributed by atoms with Crippen molar-refractivity contribution < 1.29 is 14.4 Å². The zero-order valence-electron chi connectivity index (χ0n) is 17.0. The first-order valence-corrected chi connectivity index (χ1v) is 10.4. The maximum absolute atomic E-state index is 12.5. The SMILES string of the molecule is CC(C)(C)C(=O)ON1CCN(Cc2ccc(C(=O)N3CCCC3)cc2Cl)CC1. The second kappa shape index (κ2) is 8.80. The van der Waals surface area contributed by atoms with E-state index >= 15 is 0 Å². The molecule has 7 heteroatoms. The molecule has 2 heterocycles. The average molecular weight is 408 g/mol. The predicted molar refractivity (Wildman–Crippen MR) is 109 cm³/mol. The smallest absolute Gasteiger partial charge is 0.330 e. The van der Waals surface area contributed by atoms with Crippen LogP contribution in [-0.2, 0) is 16.2 Å². The van der Waals surface area contributed by atoms with E-state index in [0.29, 0.717) is 23.7 Å². The number of piperazine rings is 1. The summed E-state index contributed by atoms with van der Waals surface area (Å²) in [7, 11) is 0. The van der Waals surface area contributed by atoms with Crippen LogP contribution in [0.1, 0.15) is 49.5 Å². The first kappa shape index (κ1) is 21.1. The van der Waals surface area contributed by atoms with Gasteiger partial charge in [0, 0.05) is 56.4 Å². The van der Waals surface area contributed by atoms with Crippen molar-refractivity contribution in [2.75, 3.05) is 39.3 Å². The molecule has 0 aliphatic carbocycles. The minimum absolute atomic E-state index is 0.0697. The third kappa shape index (κ3) is 5.25. The Balaban J connectivity index is 1.52. The number of hydrogen-bond acceptors (Lipinski definition) is 5. The Bertz CT molecular complexity index is 718. The van der Waals surface area contributed by atoms with Gasteiger partial charge in [-0.3, -0.25) is 9.69 Å². The molecule has 1 amide bonds. The summed E-state index contributed by atoms with van der Waals surface area (Å²) in [5, 5.41) is 2.37. The van der Waals surface area contributed by atoms with Gasteiger partial charge in [-0.15, -0.1) is 5.06 Å². The number of rotatable bonds is 4. The Hall–Kier alpha value is -1.63. The molecular weight excluding hydrogens is 378 g/mol. The Morgan fingerprint density at radius 3 is 2.25 bits per heavy atom. The number of hydroxylamine groups is 2. The number of carbonyl (C=O) groups is 2. The maximum atomic E-state index is 12.5. The first-order chi connectivity index (χ1) is 13.2. The van der Waals surface area contributed by atoms with Crippen LogP contribution in [0.4, 0.5) is 0 Å². The van der Waals surface area contributed by atoms with Crippen molar-refractivity contribution in [3.8, 4) is 0 Å². The van der Waals surface area contributed by atoms with E-state index in [1.165, 1.54) is 0 Å². The van der Waals surface area contributed by atoms with Crippen molar-refractivity contribution in [3.05, 3.63) is 34.3 Å². The predicted octanol–water partition coefficient (Wildman–Crippen LogP) is 3.20. The van der Waals surface area contributed by atoms with E-state index in [1.54, 1.807) is 11.1 Å². The van der Waals surface area contributed by atoms with Crippen LogP contribution in [0.25, 0.3) is 0 Å². The summed E-state index contributed by atoms with van der Waals surface area (Å²) in [5.41, 5.74) is 1.17. The Labute approximate surface area is 172 Å². The van der Waals surface area contributed by atoms with Crippen molar-refractivity contribution in [3.63, 3.8) is 0 Å². The third-order valence-electron chi connectivity index (χ3n) is 5.24. The van der Waals surface area contributed by atoms with Gasteiger partial charge in [-0.25, -0.2) is 4.79 Å². The van der Waals surface area contributed by atoms with Crippen molar-refractivity contribution in [1.82, 2.24) is 14.9 Å². The van der Waals surface area contributed by atoms with Crippen LogP contribution < -0.4 is 0 Å². The number of benzene rings is 1. The molecule has 0 bridgehead atoms. The summed E-state index contributed by atoms with van der Waals surface area (Å²) in [4.78, 5) is 34.2. The highest BCUT2D eigenvalue weighted by atomic mass is 35.5. The minimum atomic E-state index is -0.501. The normalized spacial score (nSPS) is 19.1. The molecule has 2 aliphatic rings. The van der Waals surface area contributed by atoms with E-state index in [9.17, 15) is 9.59 Å². The number of nitrogens with zero attached hydrogens (tertiary/aromatic N) is 3. The van der Waals surface area contributed by atoms with E-state index < -0.39 is 5.41 Å². The average Bonchev–Trinajstić information content (AvgIpc) is 3.18. The summed E-state index contributed by atoms with van der Waals surface area (Å²) in [5.74, 6) is -0.137. The lowest BCUT2D eigenvalue weighted by molar-refractivity contribution is -0.207. The lowest BCUT2D eigenvalue weighted by atomic mass is 9.98. The Morgan fingerprint density at radius 1 is 1.04 bits per heavy atom. The summed E-state index contributed by atoms with van der Waals surface area (Å²) in [6, 6.07) is 5.62. The van der Waals surface area contributed by atoms with Gasteiger partial charge in [-0.05, 0) is 51.3 Å². The molecule has 0 spiro atoms. The molecule has 0 radical (unpaired) electrons. The standard InChI is InChI=1S/C21H30ClN3O3/c1-21(2,3)20(27)28-25-12-10-23(11-13-25)15-17-7-6-16(14-18(17)22)19(26)24-8-4-5-9-24/h6-7,14H,4-5,8-13,15H2,1-3H3. The van der Waals surface area contributed by atoms with Gasteiger partial charge >= 0.3 is 5.97 Å². The van der Waals surface area contributed by atoms with Crippen molar-refractivity contribution in [2.24, 2.45) is 5.41 Å². The molecule has 0 unspecified atom stereocenters. The summed E-state index contributed by atoms with van der Waals surface area (Å²) in [6.45, 7) is 10.9. The topological polar surface area (TPSA) is 53.1 Å². The van der Waals surface area contributed by atoms with Crippen LogP contribution in [0.5, 0.6) is 0 Å². The molecule has 0 aromatic heterocycles. The van der Waals surface area contributed by atoms with Crippen LogP contribution in [0.3, 0.4) is 0 Å². The fourth-order valence-corrected chi connectivity index (χ4v) is 3.63. The highest BCUT2D eigenvalue weighted by Crippen LogP contribution is 2.23. The van der Waals surface area contributed by atoms with Crippen molar-refractivity contribution >= 4 is 23.5 Å². The van der Waals surface area contributed by atoms with Gasteiger partial charge in [0.05, 0.1) is 5.41 Å². The van der Waals surface area contributed by atoms with E-state index in [2.05, 4.69) is 4.90 Å². The van der Waals surface area contributed by atoms with E-state index in [1.807, 2.05) is 37.8 Å². The van der Waals surface area contributed by atoms with E-state index in [-0.39, 0.29) is 11.9 Å². The Morgan fingerprint density at radius 2 is 1.68 bits per heavy atom. The second-order valence-corrected chi connectivity index (χ2v) is 9.05. The largest absolute Gasteiger partial charge is 0.367 e. The minimum Gasteiger partial charge on any atom is -0.367 e. The molecule has 1 aromatic rings. The summed E-state index contributed by atoms with van der Waals surface area (Å²) >= 11 is 6.47. The van der Waals surface area contributed by atoms with E-state index in [0.717, 1.165) is 51.1 Å². The zero-order valence-corrected chi connectivity index (χ0v) is 17.8. The quantitative estimate of drug-likeness (QED) is 0.767. The molecule has 3 rings (SSSR count). The van der Waals surface area contributed by atoms with E-state index in [4.69, 9.17) is 16.4 Å². The van der Waals surface area contributed by atoms with Crippen LogP contribution in [0.15, 0.2) is 18.2 Å². The highest BCUT2D eigenvalue weighted by Gasteiger charge is 2.28. The van der Waals surface area contributed by atoms with Crippen molar-refractivity contribution in [1.29, 1.82) is 0 Å². The molecule has 1 aromatic carbocycles. The first-order valence-electron chi connectivity index (χ1n) is 10.0. The molecule has 154 valence electrons. The highest BCUT2D eigenvalue weighted by molar-refractivity contribution is 6.31. The van der Waals surface area contributed by atoms with Gasteiger partial charge in [0.15, 0.2) is 0 Å². The van der Waals surface area contributed by atoms with Gasteiger partial charge in [-0.2, -0.15) is 0 Å². The van der Waals surface area contributed by atoms with Gasteiger partial charge in [-0.1, -0.05) is 17.7 Å². The van der Waals surface area contributed by atoms with Gasteiger partial charge < -0.3 is 9.74 Å². The number of carbonyl (C=O) groups excluding carboxylic acids is 2. The number of likely N-dealkylation sites (tertiary alicyclic amines) is 1. The zero-order chi connectivity index (χ0) is 20.3. The van der Waals surface area contributed by atoms with Crippen LogP contribution in [0, 0.1) is 5.41 Å². The molecule has 6 nitrogen and oxygen atoms in total. The third-order valence-corrected chi connectivity index (χ3v) is 5.59. The fraction of sp³-hybridized carbons (Fsp3) is 0.619. The Kier molecular flexibility index (Phi) is 6.63. The lowest BCUT2D eigenvalue weighted by Gasteiger charge is -2.34. The molecule has 2 aliphatic heterocycles. The van der Waals surface area contributed by atoms with Crippen LogP contribution in [-0.4, -0.2) is 66.0 Å². The molecule has 0 N–H and O–H groups in total. The van der Waals surface area contributed by atoms with Crippen LogP contribution >= 0.6 is 11.6 Å². The molecular formula is C21H30ClN3O3. The second-order valence-electron chi connectivity index (χ2n) is 8.64. The summed E-state index contributed by atoms with van der Waals surface area (Å²) in [6.07, 6.45) is 2.16. The van der Waals surface area contributed by atoms with Crippen molar-refractivity contribution in [2.45, 2.75) is 40.2 Å². The fourth-order valence-electron chi connectivity index (χ4n) is 3.39. The molecule has 2 fully saturated rings. The molecule has 0 saturated carbocycles. The lowest BCUT2D eigenvalue weighted by Crippen LogP contribution is -2.47. The number of halogens is 1. The van der Waals surface area contributed by atoms with Gasteiger partial charge in [0.25, 0.3) is 5.91 Å². The maximum Gasteiger partial charge on any atom is 0.330 e.